The van der Waals surface area contributed by atoms with Crippen molar-refractivity contribution in [3.63, 3.8) is 0 Å². The van der Waals surface area contributed by atoms with Gasteiger partial charge in [0.15, 0.2) is 0 Å². The molecule has 0 unspecified atom stereocenters. The Bertz CT molecular complexity index is 547. The third-order valence-electron chi connectivity index (χ3n) is 4.31. The first-order valence-corrected chi connectivity index (χ1v) is 7.33. The van der Waals surface area contributed by atoms with Gasteiger partial charge in [-0.1, -0.05) is 54.6 Å². The number of nitrogens with zero attached hydrogens (tertiary/aromatic N) is 1. The smallest absolute Gasteiger partial charge is 0.0237 e. The maximum atomic E-state index is 6.31. The zero-order chi connectivity index (χ0) is 13.9. The molecule has 20 heavy (non-hydrogen) atoms. The van der Waals surface area contributed by atoms with E-state index in [4.69, 9.17) is 5.73 Å². The molecule has 2 aromatic rings. The molecule has 1 heterocycles. The van der Waals surface area contributed by atoms with Crippen molar-refractivity contribution in [1.29, 1.82) is 0 Å². The normalized spacial score (nSPS) is 23.7. The second-order valence-electron chi connectivity index (χ2n) is 5.81. The van der Waals surface area contributed by atoms with Gasteiger partial charge in [0.05, 0.1) is 0 Å². The van der Waals surface area contributed by atoms with Crippen LogP contribution >= 0.6 is 0 Å². The summed E-state index contributed by atoms with van der Waals surface area (Å²) in [6, 6.07) is 19.7. The lowest BCUT2D eigenvalue weighted by molar-refractivity contribution is 0.228. The summed E-state index contributed by atoms with van der Waals surface area (Å²) in [5, 5.41) is 0. The molecule has 0 aliphatic carbocycles. The molecule has 0 saturated carbocycles. The number of rotatable bonds is 2. The van der Waals surface area contributed by atoms with Gasteiger partial charge in [0.2, 0.25) is 0 Å². The fraction of sp³-hybridized carbons (Fsp3) is 0.333. The predicted molar refractivity (Wildman–Crippen MR) is 84.7 cm³/mol. The van der Waals surface area contributed by atoms with Gasteiger partial charge in [-0.2, -0.15) is 0 Å². The molecular weight excluding hydrogens is 244 g/mol. The quantitative estimate of drug-likeness (QED) is 0.905. The summed E-state index contributed by atoms with van der Waals surface area (Å²) >= 11 is 0. The lowest BCUT2D eigenvalue weighted by Gasteiger charge is -2.34. The van der Waals surface area contributed by atoms with Crippen molar-refractivity contribution < 1.29 is 0 Å². The van der Waals surface area contributed by atoms with Crippen LogP contribution in [0.15, 0.2) is 54.6 Å². The van der Waals surface area contributed by atoms with Gasteiger partial charge in [-0.05, 0) is 36.7 Å². The number of likely N-dealkylation sites (N-methyl/N-ethyl adjacent to an activating group) is 1. The third kappa shape index (κ3) is 2.77. The van der Waals surface area contributed by atoms with E-state index in [1.165, 1.54) is 16.7 Å². The molecule has 0 radical (unpaired) electrons. The van der Waals surface area contributed by atoms with Gasteiger partial charge < -0.3 is 10.6 Å². The molecular formula is C18H22N2. The largest absolute Gasteiger partial charge is 0.326 e. The van der Waals surface area contributed by atoms with Gasteiger partial charge in [0, 0.05) is 18.5 Å². The summed E-state index contributed by atoms with van der Waals surface area (Å²) in [7, 11) is 2.15. The number of likely N-dealkylation sites (tertiary alicyclic amines) is 1. The molecule has 2 N–H and O–H groups in total. The highest BCUT2D eigenvalue weighted by molar-refractivity contribution is 5.63. The summed E-state index contributed by atoms with van der Waals surface area (Å²) < 4.78 is 0. The van der Waals surface area contributed by atoms with Crippen molar-refractivity contribution >= 4 is 0 Å². The second-order valence-corrected chi connectivity index (χ2v) is 5.81. The number of piperidine rings is 1. The van der Waals surface area contributed by atoms with Crippen molar-refractivity contribution in [3.8, 4) is 11.1 Å². The molecule has 1 fully saturated rings. The van der Waals surface area contributed by atoms with Crippen LogP contribution in [-0.4, -0.2) is 31.1 Å². The molecule has 0 spiro atoms. The minimum Gasteiger partial charge on any atom is -0.326 e. The Morgan fingerprint density at radius 1 is 0.950 bits per heavy atom. The Hall–Kier alpha value is -1.64. The maximum absolute atomic E-state index is 6.31. The van der Waals surface area contributed by atoms with Crippen LogP contribution in [0.2, 0.25) is 0 Å². The average Bonchev–Trinajstić information content (AvgIpc) is 2.48. The minimum absolute atomic E-state index is 0.247. The van der Waals surface area contributed by atoms with Crippen molar-refractivity contribution in [1.82, 2.24) is 4.90 Å². The van der Waals surface area contributed by atoms with E-state index in [1.807, 2.05) is 0 Å². The Morgan fingerprint density at radius 3 is 2.25 bits per heavy atom. The molecule has 0 aromatic heterocycles. The first kappa shape index (κ1) is 13.3. The van der Waals surface area contributed by atoms with E-state index >= 15 is 0 Å². The fourth-order valence-corrected chi connectivity index (χ4v) is 3.12. The summed E-state index contributed by atoms with van der Waals surface area (Å²) in [5.74, 6) is 0.496. The number of hydrogen-bond acceptors (Lipinski definition) is 2. The van der Waals surface area contributed by atoms with Crippen LogP contribution < -0.4 is 5.73 Å². The Kier molecular flexibility index (Phi) is 3.86. The van der Waals surface area contributed by atoms with Crippen molar-refractivity contribution in [2.45, 2.75) is 18.4 Å². The van der Waals surface area contributed by atoms with E-state index in [0.717, 1.165) is 19.5 Å². The highest BCUT2D eigenvalue weighted by atomic mass is 15.1. The van der Waals surface area contributed by atoms with Gasteiger partial charge in [-0.25, -0.2) is 0 Å². The molecule has 1 aliphatic heterocycles. The number of benzene rings is 2. The van der Waals surface area contributed by atoms with Gasteiger partial charge in [-0.15, -0.1) is 0 Å². The van der Waals surface area contributed by atoms with Crippen LogP contribution in [0.4, 0.5) is 0 Å². The zero-order valence-electron chi connectivity index (χ0n) is 12.0. The monoisotopic (exact) mass is 266 g/mol. The van der Waals surface area contributed by atoms with Crippen LogP contribution in [0.5, 0.6) is 0 Å². The third-order valence-corrected chi connectivity index (χ3v) is 4.31. The van der Waals surface area contributed by atoms with Crippen molar-refractivity contribution in [2.75, 3.05) is 20.1 Å². The Labute approximate surface area is 121 Å². The first-order chi connectivity index (χ1) is 9.74. The van der Waals surface area contributed by atoms with E-state index in [9.17, 15) is 0 Å². The predicted octanol–water partition coefficient (Wildman–Crippen LogP) is 3.10. The van der Waals surface area contributed by atoms with E-state index in [1.54, 1.807) is 0 Å². The van der Waals surface area contributed by atoms with Gasteiger partial charge >= 0.3 is 0 Å². The van der Waals surface area contributed by atoms with Crippen LogP contribution in [-0.2, 0) is 0 Å². The zero-order valence-corrected chi connectivity index (χ0v) is 12.0. The molecule has 2 heteroatoms. The number of nitrogens with two attached hydrogens (primary N) is 1. The van der Waals surface area contributed by atoms with Gasteiger partial charge in [-0.3, -0.25) is 0 Å². The summed E-state index contributed by atoms with van der Waals surface area (Å²) in [6.07, 6.45) is 1.16. The van der Waals surface area contributed by atoms with Crippen LogP contribution in [0.25, 0.3) is 11.1 Å². The van der Waals surface area contributed by atoms with E-state index in [2.05, 4.69) is 66.5 Å². The fourth-order valence-electron chi connectivity index (χ4n) is 3.12. The van der Waals surface area contributed by atoms with Crippen molar-refractivity contribution in [2.24, 2.45) is 5.73 Å². The maximum Gasteiger partial charge on any atom is 0.0237 e. The summed E-state index contributed by atoms with van der Waals surface area (Å²) in [6.45, 7) is 2.13. The van der Waals surface area contributed by atoms with E-state index < -0.39 is 0 Å². The minimum atomic E-state index is 0.247. The molecule has 104 valence electrons. The average molecular weight is 266 g/mol. The molecule has 2 aromatic carbocycles. The van der Waals surface area contributed by atoms with Crippen LogP contribution in [0.1, 0.15) is 17.9 Å². The van der Waals surface area contributed by atoms with Gasteiger partial charge in [0.25, 0.3) is 0 Å². The molecule has 0 amide bonds. The first-order valence-electron chi connectivity index (χ1n) is 7.33. The summed E-state index contributed by atoms with van der Waals surface area (Å²) in [5.41, 5.74) is 10.2. The van der Waals surface area contributed by atoms with Crippen LogP contribution in [0.3, 0.4) is 0 Å². The molecule has 1 saturated heterocycles. The standard InChI is InChI=1S/C18H22N2/c1-20-12-11-17(18(19)13-20)16-9-7-15(8-10-16)14-5-3-2-4-6-14/h2-10,17-18H,11-13,19H2,1H3/t17-,18+/m0/s1. The van der Waals surface area contributed by atoms with E-state index in [0.29, 0.717) is 5.92 Å². The topological polar surface area (TPSA) is 29.3 Å². The Morgan fingerprint density at radius 2 is 1.60 bits per heavy atom. The lowest BCUT2D eigenvalue weighted by Crippen LogP contribution is -2.45. The number of hydrogen-bond donors (Lipinski definition) is 1. The lowest BCUT2D eigenvalue weighted by atomic mass is 9.85. The highest BCUT2D eigenvalue weighted by Gasteiger charge is 2.25. The highest BCUT2D eigenvalue weighted by Crippen LogP contribution is 2.28. The molecule has 3 rings (SSSR count). The molecule has 2 nitrogen and oxygen atoms in total. The molecule has 0 bridgehead atoms. The summed E-state index contributed by atoms with van der Waals surface area (Å²) in [4.78, 5) is 2.32. The van der Waals surface area contributed by atoms with E-state index in [-0.39, 0.29) is 6.04 Å². The molecule has 1 aliphatic rings. The Balaban J connectivity index is 1.80. The molecule has 2 atom stereocenters. The van der Waals surface area contributed by atoms with Crippen LogP contribution in [0, 0.1) is 0 Å². The SMILES string of the molecule is CN1CC[C@@H](c2ccc(-c3ccccc3)cc2)[C@H](N)C1. The van der Waals surface area contributed by atoms with Gasteiger partial charge in [0.1, 0.15) is 0 Å². The second kappa shape index (κ2) is 5.78. The van der Waals surface area contributed by atoms with Crippen molar-refractivity contribution in [3.05, 3.63) is 60.2 Å².